The Labute approximate surface area is 220 Å². The molecule has 0 radical (unpaired) electrons. The molecule has 0 spiro atoms. The highest BCUT2D eigenvalue weighted by Gasteiger charge is 1.97. The van der Waals surface area contributed by atoms with Crippen molar-refractivity contribution in [2.45, 2.75) is 148 Å². The van der Waals surface area contributed by atoms with Gasteiger partial charge < -0.3 is 35.7 Å². The Balaban J connectivity index is -0.000000742. The Morgan fingerprint density at radius 2 is 0.694 bits per heavy atom. The molecule has 0 bridgehead atoms. The third-order valence-corrected chi connectivity index (χ3v) is 5.84. The van der Waals surface area contributed by atoms with Crippen LogP contribution in [0.5, 0.6) is 0 Å². The third-order valence-electron chi connectivity index (χ3n) is 5.84. The standard InChI is InChI=1S/C22H44O2.2C3H8O3/c1-2-3-4-5-6-7-8-9-10-11-12-13-14-15-16-17-18-19-20-21-22(23)24;2*4-1-3(6)2-5/h2-21H2,1H3,(H,23,24);2*3-6H,1-2H2. The number of carbonyl (C=O) groups is 1. The molecule has 7 N–H and O–H groups in total. The van der Waals surface area contributed by atoms with Gasteiger partial charge in [-0.15, -0.1) is 0 Å². The fourth-order valence-electron chi connectivity index (χ4n) is 3.47. The van der Waals surface area contributed by atoms with Gasteiger partial charge in [0.25, 0.3) is 0 Å². The van der Waals surface area contributed by atoms with Crippen LogP contribution in [0.1, 0.15) is 135 Å². The fraction of sp³-hybridized carbons (Fsp3) is 0.964. The Morgan fingerprint density at radius 3 is 0.861 bits per heavy atom. The lowest BCUT2D eigenvalue weighted by atomic mass is 10.0. The summed E-state index contributed by atoms with van der Waals surface area (Å²) in [5.74, 6) is -0.651. The minimum atomic E-state index is -0.954. The van der Waals surface area contributed by atoms with E-state index in [1.807, 2.05) is 0 Å². The highest BCUT2D eigenvalue weighted by Crippen LogP contribution is 2.14. The molecule has 0 amide bonds. The normalized spacial score (nSPS) is 10.7. The first-order valence-electron chi connectivity index (χ1n) is 14.4. The van der Waals surface area contributed by atoms with Crippen LogP contribution in [0.3, 0.4) is 0 Å². The molecule has 0 aromatic rings. The van der Waals surface area contributed by atoms with Crippen molar-refractivity contribution in [2.75, 3.05) is 26.4 Å². The molecule has 0 aliphatic rings. The summed E-state index contributed by atoms with van der Waals surface area (Å²) in [6.07, 6.45) is 24.2. The van der Waals surface area contributed by atoms with Crippen LogP contribution in [0.2, 0.25) is 0 Å². The highest BCUT2D eigenvalue weighted by molar-refractivity contribution is 5.66. The number of unbranched alkanes of at least 4 members (excludes halogenated alkanes) is 18. The molecule has 0 saturated carbocycles. The van der Waals surface area contributed by atoms with Crippen molar-refractivity contribution >= 4 is 5.97 Å². The van der Waals surface area contributed by atoms with Gasteiger partial charge in [-0.25, -0.2) is 0 Å². The molecule has 8 nitrogen and oxygen atoms in total. The number of rotatable bonds is 24. The maximum Gasteiger partial charge on any atom is 0.303 e. The minimum absolute atomic E-state index is 0.346. The van der Waals surface area contributed by atoms with Gasteiger partial charge in [-0.2, -0.15) is 0 Å². The quantitative estimate of drug-likeness (QED) is 0.0905. The summed E-state index contributed by atoms with van der Waals surface area (Å²) in [6.45, 7) is 0.825. The zero-order chi connectivity index (χ0) is 27.7. The summed E-state index contributed by atoms with van der Waals surface area (Å²) in [6, 6.07) is 0. The topological polar surface area (TPSA) is 159 Å². The Kier molecular flexibility index (Phi) is 40.2. The van der Waals surface area contributed by atoms with Crippen molar-refractivity contribution in [1.29, 1.82) is 0 Å². The van der Waals surface area contributed by atoms with Gasteiger partial charge in [0.2, 0.25) is 0 Å². The van der Waals surface area contributed by atoms with Gasteiger partial charge in [0, 0.05) is 6.42 Å². The molecule has 0 heterocycles. The van der Waals surface area contributed by atoms with E-state index in [2.05, 4.69) is 6.92 Å². The smallest absolute Gasteiger partial charge is 0.303 e. The van der Waals surface area contributed by atoms with Crippen molar-refractivity contribution < 1.29 is 40.5 Å². The lowest BCUT2D eigenvalue weighted by molar-refractivity contribution is -0.137. The minimum Gasteiger partial charge on any atom is -0.481 e. The lowest BCUT2D eigenvalue weighted by Crippen LogP contribution is -2.15. The van der Waals surface area contributed by atoms with Crippen LogP contribution < -0.4 is 0 Å². The lowest BCUT2D eigenvalue weighted by Gasteiger charge is -2.03. The first kappa shape index (κ1) is 39.7. The molecule has 0 unspecified atom stereocenters. The van der Waals surface area contributed by atoms with E-state index in [4.69, 9.17) is 35.7 Å². The molecule has 0 aliphatic carbocycles. The molecule has 220 valence electrons. The molecule has 36 heavy (non-hydrogen) atoms. The van der Waals surface area contributed by atoms with Crippen LogP contribution in [0.15, 0.2) is 0 Å². The van der Waals surface area contributed by atoms with Crippen LogP contribution in [0.4, 0.5) is 0 Å². The predicted octanol–water partition coefficient (Wildman–Crippen LogP) is 4.56. The average molecular weight is 525 g/mol. The maximum absolute atomic E-state index is 10.4. The van der Waals surface area contributed by atoms with Gasteiger partial charge in [-0.3, -0.25) is 4.79 Å². The van der Waals surface area contributed by atoms with Gasteiger partial charge in [0.15, 0.2) is 0 Å². The molecule has 0 rings (SSSR count). The van der Waals surface area contributed by atoms with Gasteiger partial charge in [0.1, 0.15) is 12.2 Å². The second-order valence-electron chi connectivity index (χ2n) is 9.55. The monoisotopic (exact) mass is 524 g/mol. The van der Waals surface area contributed by atoms with Crippen LogP contribution >= 0.6 is 0 Å². The van der Waals surface area contributed by atoms with E-state index in [1.54, 1.807) is 0 Å². The zero-order valence-corrected chi connectivity index (χ0v) is 23.2. The summed E-state index contributed by atoms with van der Waals surface area (Å²) in [5.41, 5.74) is 0. The molecule has 0 saturated heterocycles. The molecule has 8 heteroatoms. The Bertz CT molecular complexity index is 378. The predicted molar refractivity (Wildman–Crippen MR) is 146 cm³/mol. The number of hydrogen-bond acceptors (Lipinski definition) is 7. The number of hydrogen-bond donors (Lipinski definition) is 7. The molecule has 0 aromatic carbocycles. The SMILES string of the molecule is CCCCCCCCCCCCCCCCCCCCCC(=O)O.OCC(O)CO.OCC(O)CO. The molecule has 0 aromatic heterocycles. The Hall–Kier alpha value is -0.770. The fourth-order valence-corrected chi connectivity index (χ4v) is 3.47. The van der Waals surface area contributed by atoms with E-state index in [0.29, 0.717) is 6.42 Å². The average Bonchev–Trinajstić information content (AvgIpc) is 2.89. The molecule has 0 aliphatic heterocycles. The maximum atomic E-state index is 10.4. The van der Waals surface area contributed by atoms with E-state index < -0.39 is 18.2 Å². The van der Waals surface area contributed by atoms with Gasteiger partial charge in [0.05, 0.1) is 26.4 Å². The van der Waals surface area contributed by atoms with Crippen LogP contribution in [0, 0.1) is 0 Å². The first-order chi connectivity index (χ1) is 17.4. The van der Waals surface area contributed by atoms with E-state index in [1.165, 1.54) is 109 Å². The van der Waals surface area contributed by atoms with Crippen molar-refractivity contribution in [3.63, 3.8) is 0 Å². The second kappa shape index (κ2) is 36.4. The third kappa shape index (κ3) is 43.3. The number of aliphatic hydroxyl groups is 6. The molecular weight excluding hydrogens is 464 g/mol. The van der Waals surface area contributed by atoms with Crippen molar-refractivity contribution in [2.24, 2.45) is 0 Å². The van der Waals surface area contributed by atoms with E-state index in [9.17, 15) is 4.79 Å². The number of aliphatic hydroxyl groups excluding tert-OH is 6. The summed E-state index contributed by atoms with van der Waals surface area (Å²) in [4.78, 5) is 10.4. The zero-order valence-electron chi connectivity index (χ0n) is 23.2. The molecule has 0 fully saturated rings. The second-order valence-corrected chi connectivity index (χ2v) is 9.55. The van der Waals surface area contributed by atoms with E-state index in [0.717, 1.165) is 12.8 Å². The molecule has 0 atom stereocenters. The number of aliphatic carboxylic acids is 1. The van der Waals surface area contributed by atoms with Crippen LogP contribution in [0.25, 0.3) is 0 Å². The van der Waals surface area contributed by atoms with Crippen molar-refractivity contribution in [3.8, 4) is 0 Å². The Morgan fingerprint density at radius 1 is 0.472 bits per heavy atom. The summed E-state index contributed by atoms with van der Waals surface area (Å²) >= 11 is 0. The largest absolute Gasteiger partial charge is 0.481 e. The van der Waals surface area contributed by atoms with Crippen molar-refractivity contribution in [3.05, 3.63) is 0 Å². The van der Waals surface area contributed by atoms with E-state index in [-0.39, 0.29) is 26.4 Å². The van der Waals surface area contributed by atoms with Gasteiger partial charge in [-0.1, -0.05) is 122 Å². The van der Waals surface area contributed by atoms with Crippen LogP contribution in [-0.2, 0) is 4.79 Å². The van der Waals surface area contributed by atoms with Crippen molar-refractivity contribution in [1.82, 2.24) is 0 Å². The van der Waals surface area contributed by atoms with Crippen LogP contribution in [-0.4, -0.2) is 80.4 Å². The number of carboxylic acids is 1. The van der Waals surface area contributed by atoms with E-state index >= 15 is 0 Å². The highest BCUT2D eigenvalue weighted by atomic mass is 16.4. The van der Waals surface area contributed by atoms with Gasteiger partial charge in [-0.05, 0) is 6.42 Å². The summed E-state index contributed by atoms with van der Waals surface area (Å²) < 4.78 is 0. The summed E-state index contributed by atoms with van der Waals surface area (Å²) in [7, 11) is 0. The first-order valence-corrected chi connectivity index (χ1v) is 14.4. The molecular formula is C28H60O8. The van der Waals surface area contributed by atoms with Gasteiger partial charge >= 0.3 is 5.97 Å². The summed E-state index contributed by atoms with van der Waals surface area (Å²) in [5, 5.41) is 56.6. The number of carboxylic acid groups (broad SMARTS) is 1.